The summed E-state index contributed by atoms with van der Waals surface area (Å²) in [6.07, 6.45) is 1.87. The number of hydrogen-bond donors (Lipinski definition) is 2. The van der Waals surface area contributed by atoms with Crippen LogP contribution in [0.15, 0.2) is 24.4 Å². The molecule has 2 N–H and O–H groups in total. The van der Waals surface area contributed by atoms with E-state index >= 15 is 0 Å². The van der Waals surface area contributed by atoms with E-state index in [1.54, 1.807) is 18.2 Å². The minimum Gasteiger partial charge on any atom is -0.502 e. The Kier molecular flexibility index (Phi) is 2.47. The molecule has 0 radical (unpaired) electrons. The van der Waals surface area contributed by atoms with Crippen molar-refractivity contribution in [2.24, 2.45) is 0 Å². The maximum atomic E-state index is 10.6. The number of aromatic hydroxyl groups is 2. The lowest BCUT2D eigenvalue weighted by Gasteiger charge is -2.02. The lowest BCUT2D eigenvalue weighted by molar-refractivity contribution is 0.111. The average molecular weight is 217 g/mol. The van der Waals surface area contributed by atoms with Crippen molar-refractivity contribution in [3.05, 3.63) is 30.1 Å². The number of carbonyl (C=O) groups excluding carboxylic acids is 1. The smallest absolute Gasteiger partial charge is 0.258 e. The van der Waals surface area contributed by atoms with E-state index in [1.807, 2.05) is 0 Å². The Balaban J connectivity index is 2.59. The fourth-order valence-corrected chi connectivity index (χ4v) is 1.15. The standard InChI is InChI=1S/C10H7N3O3/c14-5-7-8(15)10(16)13-9(12-7)6-3-1-2-4-11-6/h1-5,15H,(H,12,13,16). The number of carbonyl (C=O) groups is 1. The molecule has 0 fully saturated rings. The molecular formula is C10H7N3O3. The Morgan fingerprint density at radius 2 is 2.00 bits per heavy atom. The van der Waals surface area contributed by atoms with Crippen LogP contribution in [0.25, 0.3) is 11.5 Å². The molecule has 6 heteroatoms. The van der Waals surface area contributed by atoms with Crippen LogP contribution in [-0.2, 0) is 0 Å². The molecule has 0 amide bonds. The number of pyridine rings is 1. The van der Waals surface area contributed by atoms with Crippen LogP contribution in [0.3, 0.4) is 0 Å². The van der Waals surface area contributed by atoms with Crippen LogP contribution in [0.2, 0.25) is 0 Å². The Morgan fingerprint density at radius 3 is 2.62 bits per heavy atom. The Labute approximate surface area is 90.3 Å². The van der Waals surface area contributed by atoms with Gasteiger partial charge in [-0.05, 0) is 12.1 Å². The largest absolute Gasteiger partial charge is 0.502 e. The van der Waals surface area contributed by atoms with E-state index in [0.717, 1.165) is 0 Å². The normalized spacial score (nSPS) is 10.0. The predicted molar refractivity (Wildman–Crippen MR) is 54.0 cm³/mol. The summed E-state index contributed by atoms with van der Waals surface area (Å²) in [6.45, 7) is 0. The Bertz CT molecular complexity index is 528. The lowest BCUT2D eigenvalue weighted by atomic mass is 10.3. The van der Waals surface area contributed by atoms with Gasteiger partial charge in [-0.2, -0.15) is 4.98 Å². The highest BCUT2D eigenvalue weighted by Gasteiger charge is 2.13. The molecule has 6 nitrogen and oxygen atoms in total. The first-order valence-corrected chi connectivity index (χ1v) is 4.39. The van der Waals surface area contributed by atoms with Gasteiger partial charge in [0.05, 0.1) is 0 Å². The van der Waals surface area contributed by atoms with Gasteiger partial charge in [0.25, 0.3) is 5.88 Å². The van der Waals surface area contributed by atoms with Crippen molar-refractivity contribution in [2.45, 2.75) is 0 Å². The molecule has 2 rings (SSSR count). The van der Waals surface area contributed by atoms with Crippen molar-refractivity contribution in [2.75, 3.05) is 0 Å². The summed E-state index contributed by atoms with van der Waals surface area (Å²) < 4.78 is 0. The Morgan fingerprint density at radius 1 is 1.19 bits per heavy atom. The van der Waals surface area contributed by atoms with Gasteiger partial charge in [-0.15, -0.1) is 0 Å². The average Bonchev–Trinajstić information content (AvgIpc) is 2.33. The number of aldehydes is 1. The molecule has 2 heterocycles. The molecule has 0 spiro atoms. The molecule has 80 valence electrons. The quantitative estimate of drug-likeness (QED) is 0.721. The molecule has 0 unspecified atom stereocenters. The number of nitrogens with zero attached hydrogens (tertiary/aromatic N) is 3. The van der Waals surface area contributed by atoms with Crippen molar-refractivity contribution >= 4 is 6.29 Å². The number of hydrogen-bond acceptors (Lipinski definition) is 6. The molecule has 16 heavy (non-hydrogen) atoms. The highest BCUT2D eigenvalue weighted by Crippen LogP contribution is 2.26. The van der Waals surface area contributed by atoms with E-state index in [-0.39, 0.29) is 11.5 Å². The highest BCUT2D eigenvalue weighted by molar-refractivity contribution is 5.78. The van der Waals surface area contributed by atoms with Crippen LogP contribution in [-0.4, -0.2) is 31.5 Å². The van der Waals surface area contributed by atoms with E-state index in [4.69, 9.17) is 0 Å². The fourth-order valence-electron chi connectivity index (χ4n) is 1.15. The second kappa shape index (κ2) is 3.93. The van der Waals surface area contributed by atoms with E-state index in [1.165, 1.54) is 6.20 Å². The predicted octanol–water partition coefficient (Wildman–Crippen LogP) is 0.762. The van der Waals surface area contributed by atoms with Crippen LogP contribution in [0.4, 0.5) is 0 Å². The van der Waals surface area contributed by atoms with Gasteiger partial charge in [-0.3, -0.25) is 9.78 Å². The first-order chi connectivity index (χ1) is 7.72. The van der Waals surface area contributed by atoms with Crippen LogP contribution < -0.4 is 0 Å². The SMILES string of the molecule is O=Cc1nc(-c2ccccn2)nc(O)c1O. The minimum atomic E-state index is -0.641. The fraction of sp³-hybridized carbons (Fsp3) is 0. The van der Waals surface area contributed by atoms with E-state index in [9.17, 15) is 15.0 Å². The van der Waals surface area contributed by atoms with Gasteiger partial charge >= 0.3 is 0 Å². The van der Waals surface area contributed by atoms with Gasteiger partial charge < -0.3 is 10.2 Å². The van der Waals surface area contributed by atoms with E-state index in [0.29, 0.717) is 12.0 Å². The molecule has 0 bridgehead atoms. The minimum absolute atomic E-state index is 0.0815. The van der Waals surface area contributed by atoms with E-state index < -0.39 is 11.6 Å². The maximum absolute atomic E-state index is 10.6. The Hall–Kier alpha value is -2.50. The molecule has 0 aliphatic heterocycles. The van der Waals surface area contributed by atoms with Crippen molar-refractivity contribution in [1.29, 1.82) is 0 Å². The zero-order valence-electron chi connectivity index (χ0n) is 8.03. The van der Waals surface area contributed by atoms with Crippen LogP contribution in [0, 0.1) is 0 Å². The maximum Gasteiger partial charge on any atom is 0.258 e. The number of rotatable bonds is 2. The number of aromatic nitrogens is 3. The highest BCUT2D eigenvalue weighted by atomic mass is 16.3. The van der Waals surface area contributed by atoms with Crippen molar-refractivity contribution in [1.82, 2.24) is 15.0 Å². The first kappa shape index (κ1) is 10.0. The summed E-state index contributed by atoms with van der Waals surface area (Å²) in [7, 11) is 0. The molecule has 2 aromatic heterocycles. The summed E-state index contributed by atoms with van der Waals surface area (Å²) >= 11 is 0. The zero-order valence-corrected chi connectivity index (χ0v) is 8.03. The molecule has 0 saturated heterocycles. The van der Waals surface area contributed by atoms with Gasteiger partial charge in [0.15, 0.2) is 17.8 Å². The summed E-state index contributed by atoms with van der Waals surface area (Å²) in [6, 6.07) is 5.06. The third-order valence-electron chi connectivity index (χ3n) is 1.90. The molecule has 0 aliphatic rings. The topological polar surface area (TPSA) is 96.2 Å². The van der Waals surface area contributed by atoms with Crippen LogP contribution in [0.1, 0.15) is 10.5 Å². The summed E-state index contributed by atoms with van der Waals surface area (Å²) in [5.74, 6) is -1.19. The molecule has 0 aliphatic carbocycles. The third-order valence-corrected chi connectivity index (χ3v) is 1.90. The molecule has 2 aromatic rings. The van der Waals surface area contributed by atoms with Crippen LogP contribution in [0.5, 0.6) is 11.6 Å². The molecule has 0 saturated carbocycles. The summed E-state index contributed by atoms with van der Waals surface area (Å²) in [5, 5.41) is 18.5. The summed E-state index contributed by atoms with van der Waals surface area (Å²) in [4.78, 5) is 21.9. The van der Waals surface area contributed by atoms with E-state index in [2.05, 4.69) is 15.0 Å². The second-order valence-electron chi connectivity index (χ2n) is 2.94. The van der Waals surface area contributed by atoms with Crippen LogP contribution >= 0.6 is 0 Å². The third kappa shape index (κ3) is 1.68. The molecule has 0 aromatic carbocycles. The van der Waals surface area contributed by atoms with Gasteiger partial charge in [0.2, 0.25) is 5.75 Å². The first-order valence-electron chi connectivity index (χ1n) is 4.39. The van der Waals surface area contributed by atoms with Gasteiger partial charge in [0, 0.05) is 6.20 Å². The zero-order chi connectivity index (χ0) is 11.5. The monoisotopic (exact) mass is 217 g/mol. The van der Waals surface area contributed by atoms with Crippen molar-refractivity contribution in [3.63, 3.8) is 0 Å². The molecule has 0 atom stereocenters. The lowest BCUT2D eigenvalue weighted by Crippen LogP contribution is -1.96. The van der Waals surface area contributed by atoms with Crippen molar-refractivity contribution in [3.8, 4) is 23.1 Å². The summed E-state index contributed by atoms with van der Waals surface area (Å²) in [5.41, 5.74) is 0.133. The van der Waals surface area contributed by atoms with Crippen molar-refractivity contribution < 1.29 is 15.0 Å². The van der Waals surface area contributed by atoms with Gasteiger partial charge in [-0.1, -0.05) is 6.07 Å². The molecular weight excluding hydrogens is 210 g/mol. The second-order valence-corrected chi connectivity index (χ2v) is 2.94. The van der Waals surface area contributed by atoms with Gasteiger partial charge in [-0.25, -0.2) is 4.98 Å². The van der Waals surface area contributed by atoms with Gasteiger partial charge in [0.1, 0.15) is 5.69 Å².